The van der Waals surface area contributed by atoms with Gasteiger partial charge in [0.15, 0.2) is 0 Å². The second-order valence-corrected chi connectivity index (χ2v) is 8.10. The molecule has 2 N–H and O–H groups in total. The zero-order valence-electron chi connectivity index (χ0n) is 11.9. The number of carbonyl (C=O) groups excluding carboxylic acids is 1. The Morgan fingerprint density at radius 2 is 1.91 bits per heavy atom. The van der Waals surface area contributed by atoms with Crippen molar-refractivity contribution in [2.24, 2.45) is 0 Å². The van der Waals surface area contributed by atoms with Crippen LogP contribution >= 0.6 is 11.3 Å². The highest BCUT2D eigenvalue weighted by Crippen LogP contribution is 2.25. The minimum absolute atomic E-state index is 0.137. The molecule has 0 saturated carbocycles. The lowest BCUT2D eigenvalue weighted by Gasteiger charge is -2.14. The predicted octanol–water partition coefficient (Wildman–Crippen LogP) is 2.39. The van der Waals surface area contributed by atoms with Gasteiger partial charge in [0, 0.05) is 29.3 Å². The van der Waals surface area contributed by atoms with Gasteiger partial charge in [-0.15, -0.1) is 11.3 Å². The van der Waals surface area contributed by atoms with Gasteiger partial charge in [0.25, 0.3) is 10.0 Å². The topological polar surface area (TPSA) is 78.5 Å². The van der Waals surface area contributed by atoms with Gasteiger partial charge in [-0.3, -0.25) is 9.62 Å². The zero-order chi connectivity index (χ0) is 15.7. The van der Waals surface area contributed by atoms with Gasteiger partial charge < -0.3 is 5.32 Å². The van der Waals surface area contributed by atoms with Crippen molar-refractivity contribution in [1.82, 2.24) is 5.32 Å². The standard InChI is InChI=1S/C14H15N3O3S2/c1-10-2-7-13(21-10)22(19,20)16-11-3-5-12(6-4-11)17-9-8-15-14(17)18/h2-7,16H,8-9H2,1H3,(H,15,18). The number of amides is 2. The molecular weight excluding hydrogens is 322 g/mol. The molecule has 22 heavy (non-hydrogen) atoms. The molecule has 3 rings (SSSR count). The number of anilines is 2. The molecule has 2 amide bonds. The summed E-state index contributed by atoms with van der Waals surface area (Å²) >= 11 is 1.23. The molecule has 116 valence electrons. The lowest BCUT2D eigenvalue weighted by Crippen LogP contribution is -2.27. The van der Waals surface area contributed by atoms with Crippen molar-refractivity contribution in [1.29, 1.82) is 0 Å². The normalized spacial score (nSPS) is 15.0. The van der Waals surface area contributed by atoms with Crippen LogP contribution in [0.25, 0.3) is 0 Å². The van der Waals surface area contributed by atoms with Gasteiger partial charge in [-0.1, -0.05) is 0 Å². The van der Waals surface area contributed by atoms with E-state index in [-0.39, 0.29) is 10.2 Å². The average Bonchev–Trinajstić information content (AvgIpc) is 3.08. The van der Waals surface area contributed by atoms with Crippen LogP contribution in [0.1, 0.15) is 4.88 Å². The number of urea groups is 1. The Morgan fingerprint density at radius 3 is 2.45 bits per heavy atom. The summed E-state index contributed by atoms with van der Waals surface area (Å²) in [6.45, 7) is 3.09. The minimum Gasteiger partial charge on any atom is -0.336 e. The van der Waals surface area contributed by atoms with E-state index < -0.39 is 10.0 Å². The first-order valence-corrected chi connectivity index (χ1v) is 9.00. The van der Waals surface area contributed by atoms with E-state index in [0.717, 1.165) is 10.6 Å². The molecule has 1 saturated heterocycles. The minimum atomic E-state index is -3.56. The largest absolute Gasteiger partial charge is 0.336 e. The van der Waals surface area contributed by atoms with E-state index in [2.05, 4.69) is 10.0 Å². The molecule has 0 atom stereocenters. The smallest absolute Gasteiger partial charge is 0.321 e. The molecule has 0 bridgehead atoms. The zero-order valence-corrected chi connectivity index (χ0v) is 13.5. The first-order valence-electron chi connectivity index (χ1n) is 6.70. The summed E-state index contributed by atoms with van der Waals surface area (Å²) in [5.74, 6) is 0. The van der Waals surface area contributed by atoms with Crippen LogP contribution in [0, 0.1) is 6.92 Å². The number of benzene rings is 1. The molecule has 8 heteroatoms. The van der Waals surface area contributed by atoms with Crippen LogP contribution in [0.15, 0.2) is 40.6 Å². The first-order chi connectivity index (χ1) is 10.5. The number of thiophene rings is 1. The van der Waals surface area contributed by atoms with E-state index in [4.69, 9.17) is 0 Å². The fourth-order valence-corrected chi connectivity index (χ4v) is 4.53. The highest BCUT2D eigenvalue weighted by molar-refractivity contribution is 7.94. The summed E-state index contributed by atoms with van der Waals surface area (Å²) < 4.78 is 27.3. The lowest BCUT2D eigenvalue weighted by molar-refractivity contribution is 0.252. The number of nitrogens with one attached hydrogen (secondary N) is 2. The van der Waals surface area contributed by atoms with Crippen molar-refractivity contribution in [3.63, 3.8) is 0 Å². The Balaban J connectivity index is 1.77. The van der Waals surface area contributed by atoms with Crippen LogP contribution in [-0.2, 0) is 10.0 Å². The average molecular weight is 337 g/mol. The van der Waals surface area contributed by atoms with Gasteiger partial charge in [-0.25, -0.2) is 13.2 Å². The third-order valence-corrected chi connectivity index (χ3v) is 6.14. The molecule has 1 aromatic carbocycles. The number of carbonyl (C=O) groups is 1. The Labute approximate surface area is 132 Å². The Bertz CT molecular complexity index is 797. The van der Waals surface area contributed by atoms with Crippen molar-refractivity contribution in [3.8, 4) is 0 Å². The molecule has 1 aliphatic heterocycles. The van der Waals surface area contributed by atoms with Gasteiger partial charge in [0.1, 0.15) is 4.21 Å². The van der Waals surface area contributed by atoms with Crippen LogP contribution in [0.4, 0.5) is 16.2 Å². The SMILES string of the molecule is Cc1ccc(S(=O)(=O)Nc2ccc(N3CCNC3=O)cc2)s1. The maximum absolute atomic E-state index is 12.2. The number of hydrogen-bond acceptors (Lipinski definition) is 4. The molecule has 2 aromatic rings. The van der Waals surface area contributed by atoms with E-state index in [9.17, 15) is 13.2 Å². The summed E-state index contributed by atoms with van der Waals surface area (Å²) in [6, 6.07) is 9.98. The van der Waals surface area contributed by atoms with Gasteiger partial charge in [0.2, 0.25) is 0 Å². The van der Waals surface area contributed by atoms with Crippen molar-refractivity contribution in [2.75, 3.05) is 22.7 Å². The maximum Gasteiger partial charge on any atom is 0.321 e. The summed E-state index contributed by atoms with van der Waals surface area (Å²) in [5, 5.41) is 2.72. The molecular formula is C14H15N3O3S2. The maximum atomic E-state index is 12.2. The quantitative estimate of drug-likeness (QED) is 0.899. The monoisotopic (exact) mass is 337 g/mol. The second-order valence-electron chi connectivity index (χ2n) is 4.90. The van der Waals surface area contributed by atoms with Gasteiger partial charge >= 0.3 is 6.03 Å². The number of hydrogen-bond donors (Lipinski definition) is 2. The highest BCUT2D eigenvalue weighted by Gasteiger charge is 2.21. The Kier molecular flexibility index (Phi) is 3.79. The molecule has 1 aliphatic rings. The van der Waals surface area contributed by atoms with Crippen molar-refractivity contribution < 1.29 is 13.2 Å². The highest BCUT2D eigenvalue weighted by atomic mass is 32.2. The number of nitrogens with zero attached hydrogens (tertiary/aromatic N) is 1. The number of sulfonamides is 1. The molecule has 0 radical (unpaired) electrons. The summed E-state index contributed by atoms with van der Waals surface area (Å²) in [5.41, 5.74) is 1.21. The van der Waals surface area contributed by atoms with Gasteiger partial charge in [-0.05, 0) is 43.3 Å². The van der Waals surface area contributed by atoms with E-state index in [1.807, 2.05) is 6.92 Å². The van der Waals surface area contributed by atoms with E-state index in [1.165, 1.54) is 11.3 Å². The van der Waals surface area contributed by atoms with Crippen LogP contribution in [0.2, 0.25) is 0 Å². The van der Waals surface area contributed by atoms with Crippen LogP contribution in [0.3, 0.4) is 0 Å². The molecule has 2 heterocycles. The van der Waals surface area contributed by atoms with E-state index in [0.29, 0.717) is 18.8 Å². The fraction of sp³-hybridized carbons (Fsp3) is 0.214. The molecule has 1 fully saturated rings. The number of aryl methyl sites for hydroxylation is 1. The van der Waals surface area contributed by atoms with Crippen molar-refractivity contribution in [2.45, 2.75) is 11.1 Å². The van der Waals surface area contributed by atoms with Gasteiger partial charge in [0.05, 0.1) is 0 Å². The van der Waals surface area contributed by atoms with Crippen LogP contribution < -0.4 is 14.9 Å². The second kappa shape index (κ2) is 5.62. The predicted molar refractivity (Wildman–Crippen MR) is 87.1 cm³/mol. The van der Waals surface area contributed by atoms with Crippen molar-refractivity contribution in [3.05, 3.63) is 41.3 Å². The third kappa shape index (κ3) is 2.93. The fourth-order valence-electron chi connectivity index (χ4n) is 2.19. The van der Waals surface area contributed by atoms with E-state index >= 15 is 0 Å². The first kappa shape index (κ1) is 14.9. The molecule has 0 aliphatic carbocycles. The lowest BCUT2D eigenvalue weighted by atomic mass is 10.2. The molecule has 1 aromatic heterocycles. The van der Waals surface area contributed by atoms with Crippen molar-refractivity contribution >= 4 is 38.8 Å². The molecule has 6 nitrogen and oxygen atoms in total. The van der Waals surface area contributed by atoms with E-state index in [1.54, 1.807) is 41.3 Å². The number of rotatable bonds is 4. The third-order valence-electron chi connectivity index (χ3n) is 3.27. The van der Waals surface area contributed by atoms with Crippen LogP contribution in [-0.4, -0.2) is 27.5 Å². The molecule has 0 unspecified atom stereocenters. The Hall–Kier alpha value is -2.06. The summed E-state index contributed by atoms with van der Waals surface area (Å²) in [6.07, 6.45) is 0. The van der Waals surface area contributed by atoms with Crippen LogP contribution in [0.5, 0.6) is 0 Å². The Morgan fingerprint density at radius 1 is 1.18 bits per heavy atom. The van der Waals surface area contributed by atoms with Gasteiger partial charge in [-0.2, -0.15) is 0 Å². The molecule has 0 spiro atoms. The summed E-state index contributed by atoms with van der Waals surface area (Å²) in [4.78, 5) is 14.1. The summed E-state index contributed by atoms with van der Waals surface area (Å²) in [7, 11) is -3.56.